The molecule has 2 aromatic heterocycles. The largest absolute Gasteiger partial charge is 0.346 e. The van der Waals surface area contributed by atoms with Crippen molar-refractivity contribution in [1.29, 1.82) is 0 Å². The number of carbonyl (C=O) groups excluding carboxylic acids is 1. The van der Waals surface area contributed by atoms with Crippen LogP contribution in [-0.4, -0.2) is 65.0 Å². The third kappa shape index (κ3) is 3.15. The second-order valence-corrected chi connectivity index (χ2v) is 8.08. The van der Waals surface area contributed by atoms with E-state index in [9.17, 15) is 9.18 Å². The SMILES string of the molecule is O=C(C1CN(c2nc3ccc(F)cc3s2)C1)N1CCN(c2ncccn2)CC1. The Balaban J connectivity index is 1.17. The number of aromatic nitrogens is 3. The maximum atomic E-state index is 13.4. The standard InChI is InChI=1S/C19H19FN6OS/c20-14-2-3-15-16(10-14)28-19(23-15)26-11-13(12-26)17(27)24-6-8-25(9-7-24)18-21-4-1-5-22-18/h1-5,10,13H,6-9,11-12H2. The maximum Gasteiger partial charge on any atom is 0.229 e. The predicted octanol–water partition coefficient (Wildman–Crippen LogP) is 2.01. The molecule has 0 bridgehead atoms. The van der Waals surface area contributed by atoms with Crippen molar-refractivity contribution < 1.29 is 9.18 Å². The molecule has 0 unspecified atom stereocenters. The molecule has 3 aromatic rings. The highest BCUT2D eigenvalue weighted by Gasteiger charge is 2.37. The minimum Gasteiger partial charge on any atom is -0.346 e. The number of carbonyl (C=O) groups is 1. The van der Waals surface area contributed by atoms with Crippen molar-refractivity contribution in [1.82, 2.24) is 19.9 Å². The second-order valence-electron chi connectivity index (χ2n) is 7.07. The molecule has 2 aliphatic rings. The second kappa shape index (κ2) is 6.97. The van der Waals surface area contributed by atoms with Gasteiger partial charge in [-0.15, -0.1) is 0 Å². The van der Waals surface area contributed by atoms with Gasteiger partial charge < -0.3 is 14.7 Å². The quantitative estimate of drug-likeness (QED) is 0.673. The molecule has 1 amide bonds. The van der Waals surface area contributed by atoms with Crippen molar-refractivity contribution in [3.8, 4) is 0 Å². The maximum absolute atomic E-state index is 13.4. The van der Waals surface area contributed by atoms with Crippen LogP contribution in [0.1, 0.15) is 0 Å². The molecule has 0 aliphatic carbocycles. The fraction of sp³-hybridized carbons (Fsp3) is 0.368. The summed E-state index contributed by atoms with van der Waals surface area (Å²) >= 11 is 1.47. The van der Waals surface area contributed by atoms with Gasteiger partial charge in [-0.1, -0.05) is 11.3 Å². The van der Waals surface area contributed by atoms with Crippen LogP contribution in [0, 0.1) is 11.7 Å². The Morgan fingerprint density at radius 3 is 2.57 bits per heavy atom. The van der Waals surface area contributed by atoms with Crippen LogP contribution in [0.4, 0.5) is 15.5 Å². The lowest BCUT2D eigenvalue weighted by molar-refractivity contribution is -0.136. The summed E-state index contributed by atoms with van der Waals surface area (Å²) in [7, 11) is 0. The number of rotatable bonds is 3. The Kier molecular flexibility index (Phi) is 4.31. The Labute approximate surface area is 165 Å². The topological polar surface area (TPSA) is 65.5 Å². The number of hydrogen-bond acceptors (Lipinski definition) is 7. The molecular formula is C19H19FN6OS. The number of nitrogens with zero attached hydrogens (tertiary/aromatic N) is 6. The molecule has 9 heteroatoms. The molecule has 2 saturated heterocycles. The first-order valence-electron chi connectivity index (χ1n) is 9.29. The zero-order valence-electron chi connectivity index (χ0n) is 15.2. The molecular weight excluding hydrogens is 379 g/mol. The van der Waals surface area contributed by atoms with Crippen LogP contribution in [0.25, 0.3) is 10.2 Å². The first-order chi connectivity index (χ1) is 13.7. The summed E-state index contributed by atoms with van der Waals surface area (Å²) < 4.78 is 14.2. The van der Waals surface area contributed by atoms with Gasteiger partial charge in [0, 0.05) is 51.7 Å². The summed E-state index contributed by atoms with van der Waals surface area (Å²) in [6.45, 7) is 4.21. The molecule has 0 atom stereocenters. The van der Waals surface area contributed by atoms with Crippen LogP contribution in [0.15, 0.2) is 36.7 Å². The van der Waals surface area contributed by atoms with Gasteiger partial charge in [0.15, 0.2) is 5.13 Å². The minimum atomic E-state index is -0.251. The lowest BCUT2D eigenvalue weighted by Gasteiger charge is -2.42. The van der Waals surface area contributed by atoms with E-state index in [2.05, 4.69) is 24.8 Å². The van der Waals surface area contributed by atoms with Crippen LogP contribution in [0.5, 0.6) is 0 Å². The summed E-state index contributed by atoms with van der Waals surface area (Å²) in [5, 5.41) is 0.857. The predicted molar refractivity (Wildman–Crippen MR) is 106 cm³/mol. The number of hydrogen-bond donors (Lipinski definition) is 0. The van der Waals surface area contributed by atoms with E-state index in [4.69, 9.17) is 0 Å². The van der Waals surface area contributed by atoms with Gasteiger partial charge in [0.25, 0.3) is 0 Å². The van der Waals surface area contributed by atoms with E-state index < -0.39 is 0 Å². The lowest BCUT2D eigenvalue weighted by Crippen LogP contribution is -2.58. The zero-order valence-corrected chi connectivity index (χ0v) is 16.0. The monoisotopic (exact) mass is 398 g/mol. The summed E-state index contributed by atoms with van der Waals surface area (Å²) in [5.74, 6) is 0.677. The van der Waals surface area contributed by atoms with Crippen molar-refractivity contribution in [3.05, 3.63) is 42.5 Å². The Morgan fingerprint density at radius 1 is 1.07 bits per heavy atom. The van der Waals surface area contributed by atoms with Gasteiger partial charge in [-0.3, -0.25) is 4.79 Å². The smallest absolute Gasteiger partial charge is 0.229 e. The fourth-order valence-electron chi connectivity index (χ4n) is 3.65. The van der Waals surface area contributed by atoms with Gasteiger partial charge in [-0.25, -0.2) is 19.3 Å². The minimum absolute atomic E-state index is 0.00303. The van der Waals surface area contributed by atoms with Gasteiger partial charge in [-0.05, 0) is 24.3 Å². The Morgan fingerprint density at radius 2 is 1.82 bits per heavy atom. The number of benzene rings is 1. The molecule has 0 N–H and O–H groups in total. The number of amides is 1. The van der Waals surface area contributed by atoms with E-state index >= 15 is 0 Å². The van der Waals surface area contributed by atoms with E-state index in [1.165, 1.54) is 23.5 Å². The van der Waals surface area contributed by atoms with E-state index in [0.29, 0.717) is 26.2 Å². The van der Waals surface area contributed by atoms with Crippen LogP contribution in [-0.2, 0) is 4.79 Å². The average Bonchev–Trinajstić information content (AvgIpc) is 3.10. The van der Waals surface area contributed by atoms with Gasteiger partial charge >= 0.3 is 0 Å². The average molecular weight is 398 g/mol. The van der Waals surface area contributed by atoms with Gasteiger partial charge in [0.1, 0.15) is 5.82 Å². The molecule has 0 radical (unpaired) electrons. The molecule has 7 nitrogen and oxygen atoms in total. The van der Waals surface area contributed by atoms with Crippen LogP contribution >= 0.6 is 11.3 Å². The number of anilines is 2. The normalized spacial score (nSPS) is 17.8. The number of piperazine rings is 1. The van der Waals surface area contributed by atoms with Crippen molar-refractivity contribution in [3.63, 3.8) is 0 Å². The third-order valence-corrected chi connectivity index (χ3v) is 6.35. The lowest BCUT2D eigenvalue weighted by atomic mass is 9.99. The van der Waals surface area contributed by atoms with Crippen molar-refractivity contribution in [2.75, 3.05) is 49.1 Å². The van der Waals surface area contributed by atoms with Gasteiger partial charge in [0.2, 0.25) is 11.9 Å². The highest BCUT2D eigenvalue weighted by molar-refractivity contribution is 7.22. The molecule has 144 valence electrons. The molecule has 0 saturated carbocycles. The molecule has 0 spiro atoms. The molecule has 1 aromatic carbocycles. The molecule has 28 heavy (non-hydrogen) atoms. The zero-order chi connectivity index (χ0) is 19.1. The molecule has 2 fully saturated rings. The highest BCUT2D eigenvalue weighted by Crippen LogP contribution is 2.33. The summed E-state index contributed by atoms with van der Waals surface area (Å²) in [5.41, 5.74) is 0.801. The first-order valence-corrected chi connectivity index (χ1v) is 10.1. The number of fused-ring (bicyclic) bond motifs is 1. The number of halogens is 1. The van der Waals surface area contributed by atoms with Crippen molar-refractivity contribution >= 4 is 38.5 Å². The van der Waals surface area contributed by atoms with Crippen molar-refractivity contribution in [2.24, 2.45) is 5.92 Å². The van der Waals surface area contributed by atoms with E-state index in [1.54, 1.807) is 24.5 Å². The van der Waals surface area contributed by atoms with Gasteiger partial charge in [-0.2, -0.15) is 0 Å². The summed E-state index contributed by atoms with van der Waals surface area (Å²) in [6, 6.07) is 6.43. The molecule has 2 aliphatic heterocycles. The van der Waals surface area contributed by atoms with E-state index in [1.807, 2.05) is 4.90 Å². The third-order valence-electron chi connectivity index (χ3n) is 5.27. The Bertz CT molecular complexity index is 998. The van der Waals surface area contributed by atoms with E-state index in [0.717, 1.165) is 34.4 Å². The van der Waals surface area contributed by atoms with Crippen LogP contribution in [0.2, 0.25) is 0 Å². The van der Waals surface area contributed by atoms with Gasteiger partial charge in [0.05, 0.1) is 16.1 Å². The molecule has 5 rings (SSSR count). The van der Waals surface area contributed by atoms with Crippen LogP contribution < -0.4 is 9.80 Å². The fourth-order valence-corrected chi connectivity index (χ4v) is 4.66. The van der Waals surface area contributed by atoms with Crippen molar-refractivity contribution in [2.45, 2.75) is 0 Å². The Hall–Kier alpha value is -2.81. The number of thiazole rings is 1. The molecule has 4 heterocycles. The first kappa shape index (κ1) is 17.3. The van der Waals surface area contributed by atoms with E-state index in [-0.39, 0.29) is 17.6 Å². The summed E-state index contributed by atoms with van der Waals surface area (Å²) in [4.78, 5) is 32.1. The highest BCUT2D eigenvalue weighted by atomic mass is 32.1. The van der Waals surface area contributed by atoms with Crippen LogP contribution in [0.3, 0.4) is 0 Å². The summed E-state index contributed by atoms with van der Waals surface area (Å²) in [6.07, 6.45) is 3.47.